The number of hydrogen-bond donors (Lipinski definition) is 0. The maximum absolute atomic E-state index is 12.0. The van der Waals surface area contributed by atoms with Crippen LogP contribution in [-0.2, 0) is 6.54 Å². The summed E-state index contributed by atoms with van der Waals surface area (Å²) in [5.74, 6) is 0.148. The molecule has 1 aromatic heterocycles. The van der Waals surface area contributed by atoms with Crippen LogP contribution in [0.2, 0.25) is 0 Å². The highest BCUT2D eigenvalue weighted by Crippen LogP contribution is 2.22. The van der Waals surface area contributed by atoms with Gasteiger partial charge in [0.05, 0.1) is 0 Å². The molecule has 5 heteroatoms. The lowest BCUT2D eigenvalue weighted by Crippen LogP contribution is -2.50. The van der Waals surface area contributed by atoms with Gasteiger partial charge in [-0.2, -0.15) is 0 Å². The first-order valence-corrected chi connectivity index (χ1v) is 11.7. The minimum absolute atomic E-state index is 0.148. The van der Waals surface area contributed by atoms with Gasteiger partial charge < -0.3 is 9.47 Å². The first kappa shape index (κ1) is 23.0. The number of carbonyl (C=O) groups is 1. The number of hydrogen-bond acceptors (Lipinski definition) is 4. The minimum Gasteiger partial charge on any atom is -0.347 e. The van der Waals surface area contributed by atoms with E-state index in [1.165, 1.54) is 25.2 Å². The van der Waals surface area contributed by atoms with Crippen molar-refractivity contribution >= 4 is 16.7 Å². The van der Waals surface area contributed by atoms with Crippen molar-refractivity contribution in [3.63, 3.8) is 0 Å². The molecule has 2 heterocycles. The van der Waals surface area contributed by atoms with Crippen LogP contribution in [0.4, 0.5) is 0 Å². The zero-order valence-electron chi connectivity index (χ0n) is 19.6. The van der Waals surface area contributed by atoms with Gasteiger partial charge in [-0.05, 0) is 53.7 Å². The van der Waals surface area contributed by atoms with Crippen LogP contribution < -0.4 is 0 Å². The van der Waals surface area contributed by atoms with Gasteiger partial charge in [-0.25, -0.2) is 0 Å². The molecule has 2 aromatic rings. The summed E-state index contributed by atoms with van der Waals surface area (Å²) < 4.78 is 2.26. The second kappa shape index (κ2) is 10.6. The molecule has 1 aromatic carbocycles. The summed E-state index contributed by atoms with van der Waals surface area (Å²) in [4.78, 5) is 19.8. The lowest BCUT2D eigenvalue weighted by Gasteiger charge is -2.37. The molecular weight excluding hydrogens is 372 g/mol. The van der Waals surface area contributed by atoms with Gasteiger partial charge in [-0.1, -0.05) is 18.2 Å². The summed E-state index contributed by atoms with van der Waals surface area (Å²) in [6.45, 7) is 19.9. The molecule has 5 nitrogen and oxygen atoms in total. The van der Waals surface area contributed by atoms with Gasteiger partial charge in [0.2, 0.25) is 0 Å². The van der Waals surface area contributed by atoms with E-state index in [1.807, 2.05) is 12.3 Å². The van der Waals surface area contributed by atoms with Gasteiger partial charge in [0.25, 0.3) is 0 Å². The Morgan fingerprint density at radius 2 is 1.53 bits per heavy atom. The molecular formula is C25H40N4O. The number of para-hydroxylation sites is 1. The lowest BCUT2D eigenvalue weighted by atomic mass is 10.1. The van der Waals surface area contributed by atoms with Crippen molar-refractivity contribution < 1.29 is 4.79 Å². The molecule has 0 saturated carbocycles. The van der Waals surface area contributed by atoms with Crippen LogP contribution in [0.25, 0.3) is 10.9 Å². The van der Waals surface area contributed by atoms with Gasteiger partial charge in [0.15, 0.2) is 5.78 Å². The third kappa shape index (κ3) is 5.71. The Balaban J connectivity index is 1.44. The number of fused-ring (bicyclic) bond motifs is 1. The van der Waals surface area contributed by atoms with Crippen molar-refractivity contribution in [1.82, 2.24) is 19.3 Å². The molecule has 1 aliphatic heterocycles. The second-order valence-corrected chi connectivity index (χ2v) is 9.27. The molecule has 30 heavy (non-hydrogen) atoms. The number of nitrogens with zero attached hydrogens (tertiary/aromatic N) is 4. The van der Waals surface area contributed by atoms with Crippen molar-refractivity contribution in [2.45, 2.75) is 59.7 Å². The fourth-order valence-corrected chi connectivity index (χ4v) is 4.78. The number of rotatable bonds is 10. The van der Waals surface area contributed by atoms with Crippen LogP contribution in [0.15, 0.2) is 30.5 Å². The van der Waals surface area contributed by atoms with Crippen LogP contribution in [0.5, 0.6) is 0 Å². The van der Waals surface area contributed by atoms with Gasteiger partial charge in [-0.15, -0.1) is 0 Å². The zero-order valence-corrected chi connectivity index (χ0v) is 19.6. The van der Waals surface area contributed by atoms with Gasteiger partial charge in [0, 0.05) is 80.6 Å². The maximum Gasteiger partial charge on any atom is 0.161 e. The molecule has 1 aliphatic rings. The zero-order chi connectivity index (χ0) is 21.7. The maximum atomic E-state index is 12.0. The molecule has 1 saturated heterocycles. The molecule has 1 fully saturated rings. The smallest absolute Gasteiger partial charge is 0.161 e. The minimum atomic E-state index is 0.148. The average molecular weight is 413 g/mol. The summed E-state index contributed by atoms with van der Waals surface area (Å²) in [6.07, 6.45) is 3.16. The number of Topliss-reactive ketones (excluding diaryl/α,β-unsaturated/α-hetero) is 1. The summed E-state index contributed by atoms with van der Waals surface area (Å²) >= 11 is 0. The molecule has 3 rings (SSSR count). The fraction of sp³-hybridized carbons (Fsp3) is 0.640. The van der Waals surface area contributed by atoms with Crippen LogP contribution >= 0.6 is 0 Å². The molecule has 0 unspecified atom stereocenters. The van der Waals surface area contributed by atoms with E-state index in [1.54, 1.807) is 6.92 Å². The van der Waals surface area contributed by atoms with E-state index in [0.717, 1.165) is 50.1 Å². The number of benzene rings is 1. The molecule has 0 N–H and O–H groups in total. The van der Waals surface area contributed by atoms with E-state index in [-0.39, 0.29) is 5.78 Å². The fourth-order valence-electron chi connectivity index (χ4n) is 4.78. The van der Waals surface area contributed by atoms with E-state index >= 15 is 0 Å². The Labute approximate surface area is 182 Å². The van der Waals surface area contributed by atoms with Crippen LogP contribution in [0.3, 0.4) is 0 Å². The molecule has 0 aliphatic carbocycles. The Kier molecular flexibility index (Phi) is 8.09. The summed E-state index contributed by atoms with van der Waals surface area (Å²) in [7, 11) is 0. The Bertz CT molecular complexity index is 810. The van der Waals surface area contributed by atoms with E-state index in [0.29, 0.717) is 12.1 Å². The van der Waals surface area contributed by atoms with E-state index < -0.39 is 0 Å². The summed E-state index contributed by atoms with van der Waals surface area (Å²) in [5.41, 5.74) is 2.02. The molecule has 0 bridgehead atoms. The number of piperazine rings is 1. The largest absolute Gasteiger partial charge is 0.347 e. The molecule has 166 valence electrons. The molecule has 0 amide bonds. The first-order valence-electron chi connectivity index (χ1n) is 11.7. The quantitative estimate of drug-likeness (QED) is 0.553. The van der Waals surface area contributed by atoms with Crippen LogP contribution in [0.1, 0.15) is 51.4 Å². The first-order chi connectivity index (χ1) is 14.4. The van der Waals surface area contributed by atoms with E-state index in [2.05, 4.69) is 65.2 Å². The normalized spacial score (nSPS) is 16.4. The highest BCUT2D eigenvalue weighted by Gasteiger charge is 2.19. The van der Waals surface area contributed by atoms with Crippen molar-refractivity contribution in [3.05, 3.63) is 36.0 Å². The van der Waals surface area contributed by atoms with Gasteiger partial charge >= 0.3 is 0 Å². The monoisotopic (exact) mass is 412 g/mol. The van der Waals surface area contributed by atoms with E-state index in [4.69, 9.17) is 0 Å². The topological polar surface area (TPSA) is 31.7 Å². The predicted molar refractivity (Wildman–Crippen MR) is 126 cm³/mol. The van der Waals surface area contributed by atoms with Crippen molar-refractivity contribution in [2.24, 2.45) is 0 Å². The van der Waals surface area contributed by atoms with Crippen molar-refractivity contribution in [2.75, 3.05) is 45.8 Å². The van der Waals surface area contributed by atoms with Gasteiger partial charge in [-0.3, -0.25) is 14.6 Å². The summed E-state index contributed by atoms with van der Waals surface area (Å²) in [6, 6.07) is 9.47. The van der Waals surface area contributed by atoms with Crippen molar-refractivity contribution in [3.8, 4) is 0 Å². The molecule has 0 atom stereocenters. The highest BCUT2D eigenvalue weighted by molar-refractivity contribution is 6.06. The van der Waals surface area contributed by atoms with Crippen LogP contribution in [0, 0.1) is 0 Å². The Hall–Kier alpha value is -1.69. The standard InChI is InChI=1S/C25H40N4O/c1-20(2)29(21(3)4)18-17-27-15-13-26(14-16-27)11-8-12-28-19-24(22(5)30)23-9-6-7-10-25(23)28/h6-7,9-10,19-21H,8,11-18H2,1-5H3. The summed E-state index contributed by atoms with van der Waals surface area (Å²) in [5, 5.41) is 1.08. The average Bonchev–Trinajstić information content (AvgIpc) is 3.08. The Morgan fingerprint density at radius 1 is 0.933 bits per heavy atom. The molecule has 0 spiro atoms. The molecule has 0 radical (unpaired) electrons. The van der Waals surface area contributed by atoms with Gasteiger partial charge in [0.1, 0.15) is 0 Å². The lowest BCUT2D eigenvalue weighted by molar-refractivity contribution is 0.0996. The van der Waals surface area contributed by atoms with E-state index in [9.17, 15) is 4.79 Å². The number of ketones is 1. The number of aromatic nitrogens is 1. The Morgan fingerprint density at radius 3 is 2.13 bits per heavy atom. The van der Waals surface area contributed by atoms with Crippen LogP contribution in [-0.4, -0.2) is 82.9 Å². The second-order valence-electron chi connectivity index (χ2n) is 9.27. The third-order valence-corrected chi connectivity index (χ3v) is 6.51. The highest BCUT2D eigenvalue weighted by atomic mass is 16.1. The number of aryl methyl sites for hydroxylation is 1. The number of carbonyl (C=O) groups excluding carboxylic acids is 1. The third-order valence-electron chi connectivity index (χ3n) is 6.51. The predicted octanol–water partition coefficient (Wildman–Crippen LogP) is 3.97. The SMILES string of the molecule is CC(=O)c1cn(CCCN2CCN(CCN(C(C)C)C(C)C)CC2)c2ccccc12. The van der Waals surface area contributed by atoms with Crippen molar-refractivity contribution in [1.29, 1.82) is 0 Å².